The molecule has 0 saturated carbocycles. The van der Waals surface area contributed by atoms with Gasteiger partial charge in [0.25, 0.3) is 0 Å². The number of hydrogen-bond donors (Lipinski definition) is 1. The van der Waals surface area contributed by atoms with Gasteiger partial charge in [-0.05, 0) is 25.5 Å². The standard InChI is InChI=1S/C13H22N2O2S/c1-3-4-10-15(11-9-14)18(16,17)13-7-5-12(2)6-8-13/h5-8H,3-4,9-11,14H2,1-2H3. The van der Waals surface area contributed by atoms with Crippen molar-refractivity contribution in [2.24, 2.45) is 5.73 Å². The van der Waals surface area contributed by atoms with Gasteiger partial charge in [0, 0.05) is 19.6 Å². The molecule has 0 unspecified atom stereocenters. The third-order valence-corrected chi connectivity index (χ3v) is 4.71. The zero-order valence-corrected chi connectivity index (χ0v) is 11.9. The summed E-state index contributed by atoms with van der Waals surface area (Å²) in [6, 6.07) is 6.93. The predicted octanol–water partition coefficient (Wildman–Crippen LogP) is 1.74. The first-order chi connectivity index (χ1) is 8.52. The molecule has 0 spiro atoms. The molecule has 4 nitrogen and oxygen atoms in total. The zero-order valence-electron chi connectivity index (χ0n) is 11.1. The molecule has 0 atom stereocenters. The van der Waals surface area contributed by atoms with E-state index >= 15 is 0 Å². The van der Waals surface area contributed by atoms with E-state index in [9.17, 15) is 8.42 Å². The quantitative estimate of drug-likeness (QED) is 0.821. The number of nitrogens with two attached hydrogens (primary N) is 1. The Morgan fingerprint density at radius 1 is 1.17 bits per heavy atom. The van der Waals surface area contributed by atoms with Gasteiger partial charge < -0.3 is 5.73 Å². The van der Waals surface area contributed by atoms with Crippen LogP contribution >= 0.6 is 0 Å². The van der Waals surface area contributed by atoms with Crippen molar-refractivity contribution in [3.05, 3.63) is 29.8 Å². The van der Waals surface area contributed by atoms with Crippen molar-refractivity contribution in [1.29, 1.82) is 0 Å². The Labute approximate surface area is 110 Å². The van der Waals surface area contributed by atoms with Crippen LogP contribution in [0.2, 0.25) is 0 Å². The summed E-state index contributed by atoms with van der Waals surface area (Å²) in [5, 5.41) is 0. The van der Waals surface area contributed by atoms with E-state index < -0.39 is 10.0 Å². The average molecular weight is 270 g/mol. The first-order valence-electron chi connectivity index (χ1n) is 6.29. The van der Waals surface area contributed by atoms with Crippen LogP contribution in [0.3, 0.4) is 0 Å². The number of rotatable bonds is 7. The van der Waals surface area contributed by atoms with Crippen molar-refractivity contribution in [2.75, 3.05) is 19.6 Å². The molecule has 0 bridgehead atoms. The van der Waals surface area contributed by atoms with Gasteiger partial charge >= 0.3 is 0 Å². The highest BCUT2D eigenvalue weighted by Crippen LogP contribution is 2.16. The molecule has 1 rings (SSSR count). The van der Waals surface area contributed by atoms with Crippen LogP contribution in [0.5, 0.6) is 0 Å². The summed E-state index contributed by atoms with van der Waals surface area (Å²) in [5.41, 5.74) is 6.54. The Balaban J connectivity index is 2.96. The summed E-state index contributed by atoms with van der Waals surface area (Å²) < 4.78 is 26.3. The summed E-state index contributed by atoms with van der Waals surface area (Å²) in [5.74, 6) is 0. The molecule has 1 aromatic rings. The zero-order chi connectivity index (χ0) is 13.6. The van der Waals surface area contributed by atoms with E-state index in [0.717, 1.165) is 18.4 Å². The molecule has 0 heterocycles. The van der Waals surface area contributed by atoms with Crippen molar-refractivity contribution in [3.63, 3.8) is 0 Å². The van der Waals surface area contributed by atoms with Crippen LogP contribution in [0.1, 0.15) is 25.3 Å². The molecular weight excluding hydrogens is 248 g/mol. The lowest BCUT2D eigenvalue weighted by molar-refractivity contribution is 0.410. The molecule has 0 aliphatic carbocycles. The van der Waals surface area contributed by atoms with Gasteiger partial charge in [-0.15, -0.1) is 0 Å². The summed E-state index contributed by atoms with van der Waals surface area (Å²) >= 11 is 0. The molecule has 0 aliphatic heterocycles. The number of nitrogens with zero attached hydrogens (tertiary/aromatic N) is 1. The van der Waals surface area contributed by atoms with Crippen molar-refractivity contribution in [1.82, 2.24) is 4.31 Å². The van der Waals surface area contributed by atoms with Gasteiger partial charge in [0.15, 0.2) is 0 Å². The molecule has 102 valence electrons. The van der Waals surface area contributed by atoms with Crippen molar-refractivity contribution in [2.45, 2.75) is 31.6 Å². The Morgan fingerprint density at radius 2 is 1.78 bits per heavy atom. The number of sulfonamides is 1. The predicted molar refractivity (Wildman–Crippen MR) is 73.9 cm³/mol. The monoisotopic (exact) mass is 270 g/mol. The minimum atomic E-state index is -3.40. The maximum atomic E-state index is 12.4. The summed E-state index contributed by atoms with van der Waals surface area (Å²) in [6.07, 6.45) is 1.82. The molecular formula is C13H22N2O2S. The fraction of sp³-hybridized carbons (Fsp3) is 0.538. The second-order valence-electron chi connectivity index (χ2n) is 4.36. The maximum Gasteiger partial charge on any atom is 0.243 e. The maximum absolute atomic E-state index is 12.4. The second kappa shape index (κ2) is 6.87. The highest BCUT2D eigenvalue weighted by atomic mass is 32.2. The number of benzene rings is 1. The molecule has 0 amide bonds. The van der Waals surface area contributed by atoms with E-state index in [1.165, 1.54) is 4.31 Å². The normalized spacial score (nSPS) is 12.0. The lowest BCUT2D eigenvalue weighted by atomic mass is 10.2. The molecule has 2 N–H and O–H groups in total. The molecule has 1 aromatic carbocycles. The largest absolute Gasteiger partial charge is 0.329 e. The molecule has 0 aliphatic rings. The van der Waals surface area contributed by atoms with Crippen molar-refractivity contribution >= 4 is 10.0 Å². The van der Waals surface area contributed by atoms with Gasteiger partial charge in [-0.1, -0.05) is 31.0 Å². The lowest BCUT2D eigenvalue weighted by Gasteiger charge is -2.21. The van der Waals surface area contributed by atoms with Crippen LogP contribution in [0.15, 0.2) is 29.2 Å². The van der Waals surface area contributed by atoms with Crippen molar-refractivity contribution in [3.8, 4) is 0 Å². The van der Waals surface area contributed by atoms with Gasteiger partial charge in [0.2, 0.25) is 10.0 Å². The van der Waals surface area contributed by atoms with Crippen LogP contribution in [-0.4, -0.2) is 32.4 Å². The summed E-state index contributed by atoms with van der Waals surface area (Å²) in [6.45, 7) is 5.22. The first-order valence-corrected chi connectivity index (χ1v) is 7.73. The van der Waals surface area contributed by atoms with E-state index in [2.05, 4.69) is 0 Å². The Kier molecular flexibility index (Phi) is 5.78. The molecule has 0 saturated heterocycles. The van der Waals surface area contributed by atoms with Gasteiger partial charge in [-0.2, -0.15) is 4.31 Å². The SMILES string of the molecule is CCCCN(CCN)S(=O)(=O)c1ccc(C)cc1. The van der Waals surface area contributed by atoms with Crippen LogP contribution in [0, 0.1) is 6.92 Å². The van der Waals surface area contributed by atoms with Crippen LogP contribution in [-0.2, 0) is 10.0 Å². The minimum Gasteiger partial charge on any atom is -0.329 e. The van der Waals surface area contributed by atoms with E-state index in [1.807, 2.05) is 26.0 Å². The van der Waals surface area contributed by atoms with Crippen LogP contribution < -0.4 is 5.73 Å². The van der Waals surface area contributed by atoms with Gasteiger partial charge in [-0.25, -0.2) is 8.42 Å². The highest BCUT2D eigenvalue weighted by molar-refractivity contribution is 7.89. The van der Waals surface area contributed by atoms with E-state index in [0.29, 0.717) is 24.5 Å². The first kappa shape index (κ1) is 15.1. The minimum absolute atomic E-state index is 0.342. The molecule has 0 fully saturated rings. The van der Waals surface area contributed by atoms with E-state index in [1.54, 1.807) is 12.1 Å². The topological polar surface area (TPSA) is 63.4 Å². The third-order valence-electron chi connectivity index (χ3n) is 2.80. The number of unbranched alkanes of at least 4 members (excludes halogenated alkanes) is 1. The van der Waals surface area contributed by atoms with Gasteiger partial charge in [0.05, 0.1) is 4.90 Å². The van der Waals surface area contributed by atoms with Crippen molar-refractivity contribution < 1.29 is 8.42 Å². The van der Waals surface area contributed by atoms with E-state index in [-0.39, 0.29) is 0 Å². The Morgan fingerprint density at radius 3 is 2.28 bits per heavy atom. The fourth-order valence-electron chi connectivity index (χ4n) is 1.69. The smallest absolute Gasteiger partial charge is 0.243 e. The Bertz CT molecular complexity index is 454. The van der Waals surface area contributed by atoms with Gasteiger partial charge in [-0.3, -0.25) is 0 Å². The number of aryl methyl sites for hydroxylation is 1. The number of hydrogen-bond acceptors (Lipinski definition) is 3. The van der Waals surface area contributed by atoms with Crippen LogP contribution in [0.4, 0.5) is 0 Å². The highest BCUT2D eigenvalue weighted by Gasteiger charge is 2.22. The third kappa shape index (κ3) is 3.80. The van der Waals surface area contributed by atoms with E-state index in [4.69, 9.17) is 5.73 Å². The second-order valence-corrected chi connectivity index (χ2v) is 6.30. The Hall–Kier alpha value is -0.910. The fourth-order valence-corrected chi connectivity index (χ4v) is 3.18. The van der Waals surface area contributed by atoms with Gasteiger partial charge in [0.1, 0.15) is 0 Å². The molecule has 5 heteroatoms. The average Bonchev–Trinajstić information content (AvgIpc) is 2.35. The molecule has 18 heavy (non-hydrogen) atoms. The summed E-state index contributed by atoms with van der Waals surface area (Å²) in [7, 11) is -3.40. The molecule has 0 aromatic heterocycles. The lowest BCUT2D eigenvalue weighted by Crippen LogP contribution is -2.36. The molecule has 0 radical (unpaired) electrons. The van der Waals surface area contributed by atoms with Crippen LogP contribution in [0.25, 0.3) is 0 Å². The summed E-state index contributed by atoms with van der Waals surface area (Å²) in [4.78, 5) is 0.345.